The lowest BCUT2D eigenvalue weighted by Crippen LogP contribution is -2.39. The fourth-order valence-electron chi connectivity index (χ4n) is 0.821. The number of hydrogen-bond acceptors (Lipinski definition) is 2. The van der Waals surface area contributed by atoms with Gasteiger partial charge in [-0.2, -0.15) is 30.4 Å². The van der Waals surface area contributed by atoms with Crippen molar-refractivity contribution < 1.29 is 43.7 Å². The first-order valence-corrected chi connectivity index (χ1v) is 5.55. The third-order valence-corrected chi connectivity index (χ3v) is 2.40. The van der Waals surface area contributed by atoms with Gasteiger partial charge in [0.15, 0.2) is 0 Å². The highest BCUT2D eigenvalue weighted by Gasteiger charge is 2.58. The summed E-state index contributed by atoms with van der Waals surface area (Å²) < 4.78 is 112. The lowest BCUT2D eigenvalue weighted by Gasteiger charge is -2.22. The molecule has 104 valence electrons. The summed E-state index contributed by atoms with van der Waals surface area (Å²) in [7, 11) is -5.16. The van der Waals surface area contributed by atoms with E-state index in [4.69, 9.17) is 4.55 Å². The number of hydrogen-bond donors (Lipinski definition) is 1. The average Bonchev–Trinajstić information content (AvgIpc) is 1.94. The summed E-state index contributed by atoms with van der Waals surface area (Å²) in [5.74, 6) is -11.9. The molecule has 0 aromatic carbocycles. The van der Waals surface area contributed by atoms with E-state index in [9.17, 15) is 39.2 Å². The van der Waals surface area contributed by atoms with Crippen LogP contribution in [0, 0.1) is 0 Å². The highest BCUT2D eigenvalue weighted by Crippen LogP contribution is 2.40. The first-order valence-electron chi connectivity index (χ1n) is 3.94. The molecule has 0 bridgehead atoms. The van der Waals surface area contributed by atoms with Gasteiger partial charge in [-0.25, -0.2) is 8.78 Å². The Hall–Kier alpha value is -0.580. The van der Waals surface area contributed by atoms with E-state index in [0.717, 1.165) is 0 Å². The van der Waals surface area contributed by atoms with Gasteiger partial charge in [-0.1, -0.05) is 0 Å². The quantitative estimate of drug-likeness (QED) is 0.625. The van der Waals surface area contributed by atoms with Gasteiger partial charge in [0, 0.05) is 12.8 Å². The molecule has 1 N–H and O–H groups in total. The SMILES string of the molecule is O=S(=O)(O)CC(F)(F)CCC(F)(F)C(F)(F)F. The maximum absolute atomic E-state index is 12.6. The lowest BCUT2D eigenvalue weighted by atomic mass is 10.1. The zero-order valence-electron chi connectivity index (χ0n) is 7.94. The molecule has 0 unspecified atom stereocenters. The van der Waals surface area contributed by atoms with Crippen molar-refractivity contribution in [2.45, 2.75) is 30.9 Å². The lowest BCUT2D eigenvalue weighted by molar-refractivity contribution is -0.287. The Bertz CT molecular complexity index is 358. The van der Waals surface area contributed by atoms with Crippen LogP contribution < -0.4 is 0 Å². The standard InChI is InChI=1S/C6H7F7O3S/c7-4(8,3-17(14,15)16)1-2-5(9,10)6(11,12)13/h1-3H2,(H,14,15,16). The predicted molar refractivity (Wildman–Crippen MR) is 41.6 cm³/mol. The molecule has 0 aliphatic carbocycles. The summed E-state index contributed by atoms with van der Waals surface area (Å²) in [4.78, 5) is 0. The fraction of sp³-hybridized carbons (Fsp3) is 1.00. The molecule has 0 fully saturated rings. The molecule has 0 aromatic rings. The van der Waals surface area contributed by atoms with Gasteiger partial charge < -0.3 is 0 Å². The molecule has 0 saturated heterocycles. The fourth-order valence-corrected chi connectivity index (χ4v) is 1.50. The van der Waals surface area contributed by atoms with Gasteiger partial charge in [-0.05, 0) is 0 Å². The molecular formula is C6H7F7O3S. The van der Waals surface area contributed by atoms with Gasteiger partial charge in [0.05, 0.1) is 0 Å². The Kier molecular flexibility index (Phi) is 4.44. The van der Waals surface area contributed by atoms with Crippen LogP contribution >= 0.6 is 0 Å². The number of rotatable bonds is 5. The first kappa shape index (κ1) is 16.4. The Balaban J connectivity index is 4.58. The Morgan fingerprint density at radius 1 is 0.882 bits per heavy atom. The third-order valence-electron chi connectivity index (χ3n) is 1.61. The summed E-state index contributed by atoms with van der Waals surface area (Å²) in [6, 6.07) is 0. The molecule has 0 amide bonds. The van der Waals surface area contributed by atoms with Crippen LogP contribution in [0.1, 0.15) is 12.8 Å². The van der Waals surface area contributed by atoms with E-state index in [2.05, 4.69) is 0 Å². The smallest absolute Gasteiger partial charge is 0.285 e. The molecule has 3 nitrogen and oxygen atoms in total. The van der Waals surface area contributed by atoms with E-state index in [-0.39, 0.29) is 0 Å². The van der Waals surface area contributed by atoms with Crippen molar-refractivity contribution in [2.75, 3.05) is 5.75 Å². The monoisotopic (exact) mass is 292 g/mol. The molecule has 0 saturated carbocycles. The van der Waals surface area contributed by atoms with Crippen LogP contribution in [0.4, 0.5) is 30.7 Å². The largest absolute Gasteiger partial charge is 0.453 e. The van der Waals surface area contributed by atoms with E-state index in [1.165, 1.54) is 0 Å². The molecule has 11 heteroatoms. The minimum absolute atomic E-state index is 2.01. The minimum atomic E-state index is -5.98. The highest BCUT2D eigenvalue weighted by atomic mass is 32.2. The molecule has 0 aliphatic rings. The van der Waals surface area contributed by atoms with Crippen molar-refractivity contribution >= 4 is 10.1 Å². The van der Waals surface area contributed by atoms with Gasteiger partial charge in [0.2, 0.25) is 0 Å². The maximum Gasteiger partial charge on any atom is 0.453 e. The van der Waals surface area contributed by atoms with Crippen LogP contribution in [0.5, 0.6) is 0 Å². The van der Waals surface area contributed by atoms with E-state index < -0.39 is 46.7 Å². The summed E-state index contributed by atoms with van der Waals surface area (Å²) in [5, 5.41) is 0. The van der Waals surface area contributed by atoms with Crippen molar-refractivity contribution in [2.24, 2.45) is 0 Å². The van der Waals surface area contributed by atoms with E-state index in [0.29, 0.717) is 0 Å². The average molecular weight is 292 g/mol. The topological polar surface area (TPSA) is 54.4 Å². The molecule has 0 aliphatic heterocycles. The van der Waals surface area contributed by atoms with E-state index in [1.807, 2.05) is 0 Å². The van der Waals surface area contributed by atoms with Crippen LogP contribution in [0.3, 0.4) is 0 Å². The van der Waals surface area contributed by atoms with Crippen LogP contribution in [-0.4, -0.2) is 36.7 Å². The molecular weight excluding hydrogens is 285 g/mol. The maximum atomic E-state index is 12.6. The van der Waals surface area contributed by atoms with Gasteiger partial charge in [-0.3, -0.25) is 4.55 Å². The van der Waals surface area contributed by atoms with Gasteiger partial charge in [-0.15, -0.1) is 0 Å². The minimum Gasteiger partial charge on any atom is -0.285 e. The van der Waals surface area contributed by atoms with Crippen molar-refractivity contribution in [1.82, 2.24) is 0 Å². The van der Waals surface area contributed by atoms with Gasteiger partial charge in [0.25, 0.3) is 16.0 Å². The molecule has 0 atom stereocenters. The zero-order chi connectivity index (χ0) is 14.1. The van der Waals surface area contributed by atoms with Crippen LogP contribution in [0.2, 0.25) is 0 Å². The molecule has 0 rings (SSSR count). The second-order valence-electron chi connectivity index (χ2n) is 3.28. The molecule has 0 aromatic heterocycles. The predicted octanol–water partition coefficient (Wildman–Crippen LogP) is 2.49. The Morgan fingerprint density at radius 3 is 1.59 bits per heavy atom. The Morgan fingerprint density at radius 2 is 1.29 bits per heavy atom. The second kappa shape index (κ2) is 4.59. The van der Waals surface area contributed by atoms with Crippen molar-refractivity contribution in [3.8, 4) is 0 Å². The first-order chi connectivity index (χ1) is 7.16. The van der Waals surface area contributed by atoms with E-state index >= 15 is 0 Å². The van der Waals surface area contributed by atoms with Crippen molar-refractivity contribution in [3.63, 3.8) is 0 Å². The normalized spacial score (nSPS) is 15.1. The van der Waals surface area contributed by atoms with E-state index in [1.54, 1.807) is 0 Å². The molecule has 0 radical (unpaired) electrons. The summed E-state index contributed by atoms with van der Waals surface area (Å²) >= 11 is 0. The molecule has 17 heavy (non-hydrogen) atoms. The van der Waals surface area contributed by atoms with Crippen LogP contribution in [-0.2, 0) is 10.1 Å². The Labute approximate surface area is 91.4 Å². The van der Waals surface area contributed by atoms with Crippen molar-refractivity contribution in [3.05, 3.63) is 0 Å². The van der Waals surface area contributed by atoms with Gasteiger partial charge in [0.1, 0.15) is 5.75 Å². The molecule has 0 spiro atoms. The van der Waals surface area contributed by atoms with Crippen LogP contribution in [0.15, 0.2) is 0 Å². The zero-order valence-corrected chi connectivity index (χ0v) is 8.76. The summed E-state index contributed by atoms with van der Waals surface area (Å²) in [5.41, 5.74) is 0. The second-order valence-corrected chi connectivity index (χ2v) is 4.74. The molecule has 0 heterocycles. The van der Waals surface area contributed by atoms with Gasteiger partial charge >= 0.3 is 12.1 Å². The van der Waals surface area contributed by atoms with Crippen LogP contribution in [0.25, 0.3) is 0 Å². The summed E-state index contributed by atoms with van der Waals surface area (Å²) in [6.07, 6.45) is -10.3. The number of halogens is 7. The third kappa shape index (κ3) is 6.05. The highest BCUT2D eigenvalue weighted by molar-refractivity contribution is 7.85. The number of alkyl halides is 7. The summed E-state index contributed by atoms with van der Waals surface area (Å²) in [6.45, 7) is 0. The van der Waals surface area contributed by atoms with Crippen molar-refractivity contribution in [1.29, 1.82) is 0 Å².